The molecule has 0 fully saturated rings. The monoisotopic (exact) mass is 276 g/mol. The van der Waals surface area contributed by atoms with Gasteiger partial charge in [0.05, 0.1) is 5.69 Å². The highest BCUT2D eigenvalue weighted by Gasteiger charge is 2.38. The molecule has 96 valence electrons. The van der Waals surface area contributed by atoms with Crippen LogP contribution in [-0.4, -0.2) is 21.8 Å². The summed E-state index contributed by atoms with van der Waals surface area (Å²) < 4.78 is 39.2. The molecule has 0 spiro atoms. The molecule has 1 N–H and O–H groups in total. The van der Waals surface area contributed by atoms with Crippen LogP contribution in [0.25, 0.3) is 5.69 Å². The van der Waals surface area contributed by atoms with Gasteiger partial charge in [-0.3, -0.25) is 4.57 Å². The number of alkyl halides is 3. The van der Waals surface area contributed by atoms with Crippen molar-refractivity contribution in [3.8, 4) is 5.69 Å². The topological polar surface area (TPSA) is 42.7 Å². The minimum atomic E-state index is -4.58. The Labute approximate surface area is 105 Å². The minimum Gasteiger partial charge on any atom is -0.357 e. The van der Waals surface area contributed by atoms with Gasteiger partial charge in [0.25, 0.3) is 0 Å². The van der Waals surface area contributed by atoms with Crippen LogP contribution in [0.5, 0.6) is 0 Å². The molecule has 0 amide bonds. The zero-order valence-electron chi connectivity index (χ0n) is 9.16. The molecule has 1 aromatic carbocycles. The van der Waals surface area contributed by atoms with Crippen LogP contribution in [-0.2, 0) is 6.18 Å². The third kappa shape index (κ3) is 2.26. The zero-order valence-corrected chi connectivity index (χ0v) is 9.92. The standard InChI is InChI=1S/C10H8ClF3N4/c1-15-9-17-16-8(10(12,13)14)18(9)7-4-2-6(11)3-5-7/h2-5H,1H3,(H,15,17). The average Bonchev–Trinajstić information content (AvgIpc) is 2.73. The quantitative estimate of drug-likeness (QED) is 0.917. The molecule has 2 aromatic rings. The molecule has 18 heavy (non-hydrogen) atoms. The van der Waals surface area contributed by atoms with Gasteiger partial charge in [-0.1, -0.05) is 11.6 Å². The molecule has 2 rings (SSSR count). The Hall–Kier alpha value is -1.76. The van der Waals surface area contributed by atoms with Gasteiger partial charge in [-0.25, -0.2) is 0 Å². The molecule has 1 heterocycles. The van der Waals surface area contributed by atoms with E-state index in [0.29, 0.717) is 5.02 Å². The maximum Gasteiger partial charge on any atom is 0.452 e. The summed E-state index contributed by atoms with van der Waals surface area (Å²) >= 11 is 5.70. The lowest BCUT2D eigenvalue weighted by atomic mass is 10.3. The molecule has 1 aromatic heterocycles. The van der Waals surface area contributed by atoms with Gasteiger partial charge in [0.1, 0.15) is 0 Å². The molecule has 0 saturated carbocycles. The second-order valence-electron chi connectivity index (χ2n) is 3.41. The van der Waals surface area contributed by atoms with E-state index >= 15 is 0 Å². The molecule has 0 aliphatic heterocycles. The zero-order chi connectivity index (χ0) is 13.3. The normalized spacial score (nSPS) is 11.6. The Kier molecular flexibility index (Phi) is 3.16. The van der Waals surface area contributed by atoms with Gasteiger partial charge in [0.2, 0.25) is 11.8 Å². The highest BCUT2D eigenvalue weighted by molar-refractivity contribution is 6.30. The van der Waals surface area contributed by atoms with E-state index in [2.05, 4.69) is 15.5 Å². The fraction of sp³-hybridized carbons (Fsp3) is 0.200. The van der Waals surface area contributed by atoms with Gasteiger partial charge in [-0.2, -0.15) is 13.2 Å². The van der Waals surface area contributed by atoms with Crippen molar-refractivity contribution < 1.29 is 13.2 Å². The first kappa shape index (κ1) is 12.7. The Morgan fingerprint density at radius 1 is 1.17 bits per heavy atom. The molecule has 0 atom stereocenters. The maximum absolute atomic E-state index is 12.8. The van der Waals surface area contributed by atoms with Crippen molar-refractivity contribution in [2.24, 2.45) is 0 Å². The molecule has 0 aliphatic rings. The van der Waals surface area contributed by atoms with Crippen LogP contribution >= 0.6 is 11.6 Å². The molecule has 0 radical (unpaired) electrons. The van der Waals surface area contributed by atoms with E-state index < -0.39 is 12.0 Å². The van der Waals surface area contributed by atoms with Crippen molar-refractivity contribution in [3.05, 3.63) is 35.1 Å². The molecule has 0 bridgehead atoms. The first-order valence-corrected chi connectivity index (χ1v) is 5.27. The van der Waals surface area contributed by atoms with Gasteiger partial charge < -0.3 is 5.32 Å². The molecular formula is C10H8ClF3N4. The first-order valence-electron chi connectivity index (χ1n) is 4.90. The first-order chi connectivity index (χ1) is 8.43. The number of nitrogens with zero attached hydrogens (tertiary/aromatic N) is 3. The van der Waals surface area contributed by atoms with E-state index in [9.17, 15) is 13.2 Å². The molecular weight excluding hydrogens is 269 g/mol. The lowest BCUT2D eigenvalue weighted by Gasteiger charge is -2.11. The smallest absolute Gasteiger partial charge is 0.357 e. The Morgan fingerprint density at radius 2 is 1.78 bits per heavy atom. The summed E-state index contributed by atoms with van der Waals surface area (Å²) in [6.45, 7) is 0. The largest absolute Gasteiger partial charge is 0.452 e. The second kappa shape index (κ2) is 4.49. The molecule has 8 heteroatoms. The van der Waals surface area contributed by atoms with Crippen LogP contribution in [0, 0.1) is 0 Å². The Balaban J connectivity index is 2.61. The summed E-state index contributed by atoms with van der Waals surface area (Å²) in [5.74, 6) is -1.08. The van der Waals surface area contributed by atoms with Gasteiger partial charge in [-0.05, 0) is 24.3 Å². The van der Waals surface area contributed by atoms with E-state index in [1.807, 2.05) is 0 Å². The predicted molar refractivity (Wildman–Crippen MR) is 60.9 cm³/mol. The highest BCUT2D eigenvalue weighted by Crippen LogP contribution is 2.31. The predicted octanol–water partition coefficient (Wildman–Crippen LogP) is 2.98. The summed E-state index contributed by atoms with van der Waals surface area (Å²) in [6.07, 6.45) is -4.58. The maximum atomic E-state index is 12.8. The number of halogens is 4. The van der Waals surface area contributed by atoms with Crippen molar-refractivity contribution in [2.45, 2.75) is 6.18 Å². The van der Waals surface area contributed by atoms with Crippen LogP contribution in [0.15, 0.2) is 24.3 Å². The van der Waals surface area contributed by atoms with E-state index in [0.717, 1.165) is 4.57 Å². The van der Waals surface area contributed by atoms with Crippen LogP contribution in [0.1, 0.15) is 5.82 Å². The van der Waals surface area contributed by atoms with Crippen LogP contribution in [0.4, 0.5) is 19.1 Å². The Morgan fingerprint density at radius 3 is 2.28 bits per heavy atom. The van der Waals surface area contributed by atoms with E-state index in [1.54, 1.807) is 0 Å². The fourth-order valence-electron chi connectivity index (χ4n) is 1.46. The Bertz CT molecular complexity index is 547. The molecule has 0 unspecified atom stereocenters. The molecule has 0 aliphatic carbocycles. The van der Waals surface area contributed by atoms with Crippen molar-refractivity contribution in [3.63, 3.8) is 0 Å². The average molecular weight is 277 g/mol. The van der Waals surface area contributed by atoms with Crippen LogP contribution < -0.4 is 5.32 Å². The number of benzene rings is 1. The van der Waals surface area contributed by atoms with Crippen LogP contribution in [0.3, 0.4) is 0 Å². The number of aromatic nitrogens is 3. The lowest BCUT2D eigenvalue weighted by Crippen LogP contribution is -2.15. The van der Waals surface area contributed by atoms with E-state index in [1.165, 1.54) is 31.3 Å². The van der Waals surface area contributed by atoms with Crippen molar-refractivity contribution in [1.82, 2.24) is 14.8 Å². The lowest BCUT2D eigenvalue weighted by molar-refractivity contribution is -0.146. The number of hydrogen-bond acceptors (Lipinski definition) is 3. The van der Waals surface area contributed by atoms with Crippen LogP contribution in [0.2, 0.25) is 5.02 Å². The van der Waals surface area contributed by atoms with Crippen molar-refractivity contribution in [1.29, 1.82) is 0 Å². The number of rotatable bonds is 2. The van der Waals surface area contributed by atoms with E-state index in [-0.39, 0.29) is 11.6 Å². The summed E-state index contributed by atoms with van der Waals surface area (Å²) in [7, 11) is 1.47. The third-order valence-corrected chi connectivity index (χ3v) is 2.48. The van der Waals surface area contributed by atoms with Gasteiger partial charge in [-0.15, -0.1) is 10.2 Å². The number of hydrogen-bond donors (Lipinski definition) is 1. The van der Waals surface area contributed by atoms with Gasteiger partial charge in [0, 0.05) is 12.1 Å². The minimum absolute atomic E-state index is 0.00430. The molecule has 4 nitrogen and oxygen atoms in total. The van der Waals surface area contributed by atoms with Crippen molar-refractivity contribution in [2.75, 3.05) is 12.4 Å². The fourth-order valence-corrected chi connectivity index (χ4v) is 1.59. The van der Waals surface area contributed by atoms with Gasteiger partial charge >= 0.3 is 6.18 Å². The summed E-state index contributed by atoms with van der Waals surface area (Å²) in [5, 5.41) is 9.59. The SMILES string of the molecule is CNc1nnc(C(F)(F)F)n1-c1ccc(Cl)cc1. The van der Waals surface area contributed by atoms with Gasteiger partial charge in [0.15, 0.2) is 0 Å². The van der Waals surface area contributed by atoms with Crippen molar-refractivity contribution >= 4 is 17.5 Å². The molecule has 0 saturated heterocycles. The summed E-state index contributed by atoms with van der Waals surface area (Å²) in [4.78, 5) is 0. The van der Waals surface area contributed by atoms with E-state index in [4.69, 9.17) is 11.6 Å². The number of anilines is 1. The third-order valence-electron chi connectivity index (χ3n) is 2.23. The highest BCUT2D eigenvalue weighted by atomic mass is 35.5. The second-order valence-corrected chi connectivity index (χ2v) is 3.84. The summed E-state index contributed by atoms with van der Waals surface area (Å²) in [6, 6.07) is 5.91. The number of nitrogens with one attached hydrogen (secondary N) is 1. The summed E-state index contributed by atoms with van der Waals surface area (Å²) in [5.41, 5.74) is 0.279.